The maximum atomic E-state index is 12.8. The van der Waals surface area contributed by atoms with Gasteiger partial charge in [-0.1, -0.05) is 0 Å². The molecular formula is C24H33N3O6S. The number of hydrogen-bond acceptors (Lipinski definition) is 6. The molecule has 6 rings (SSSR count). The molecule has 5 fully saturated rings. The Hall–Kier alpha value is -2.20. The number of ether oxygens (including phenoxy) is 1. The van der Waals surface area contributed by atoms with Crippen molar-refractivity contribution in [1.29, 1.82) is 0 Å². The number of sulfonamides is 1. The van der Waals surface area contributed by atoms with Gasteiger partial charge in [-0.2, -0.15) is 4.31 Å². The molecule has 34 heavy (non-hydrogen) atoms. The van der Waals surface area contributed by atoms with Crippen molar-refractivity contribution in [2.45, 2.75) is 69.2 Å². The summed E-state index contributed by atoms with van der Waals surface area (Å²) in [6.45, 7) is 2.55. The molecular weight excluding hydrogens is 458 g/mol. The first kappa shape index (κ1) is 23.5. The summed E-state index contributed by atoms with van der Waals surface area (Å²) in [5, 5.41) is 14.7. The molecule has 0 aromatic heterocycles. The fourth-order valence-electron chi connectivity index (χ4n) is 7.29. The summed E-state index contributed by atoms with van der Waals surface area (Å²) >= 11 is 0. The quantitative estimate of drug-likeness (QED) is 0.439. The van der Waals surface area contributed by atoms with Gasteiger partial charge in [-0.05, 0) is 93.6 Å². The van der Waals surface area contributed by atoms with Gasteiger partial charge in [0, 0.05) is 25.2 Å². The summed E-state index contributed by atoms with van der Waals surface area (Å²) in [4.78, 5) is 23.5. The van der Waals surface area contributed by atoms with Crippen molar-refractivity contribution in [1.82, 2.24) is 9.62 Å². The zero-order chi connectivity index (χ0) is 24.1. The van der Waals surface area contributed by atoms with Crippen LogP contribution in [0.25, 0.3) is 0 Å². The smallest absolute Gasteiger partial charge is 0.312 e. The third-order valence-electron chi connectivity index (χ3n) is 8.57. The van der Waals surface area contributed by atoms with Crippen molar-refractivity contribution in [2.75, 3.05) is 19.7 Å². The minimum absolute atomic E-state index is 0.0277. The molecule has 1 unspecified atom stereocenters. The number of hydrogen-bond donors (Lipinski definition) is 1. The highest BCUT2D eigenvalue weighted by Gasteiger charge is 2.53. The fraction of sp³-hybridized carbons (Fsp3) is 0.708. The molecule has 4 saturated carbocycles. The fourth-order valence-corrected chi connectivity index (χ4v) is 8.83. The average molecular weight is 492 g/mol. The molecule has 0 radical (unpaired) electrons. The van der Waals surface area contributed by atoms with Crippen LogP contribution in [0.15, 0.2) is 23.1 Å². The van der Waals surface area contributed by atoms with Crippen LogP contribution in [0.4, 0.5) is 5.69 Å². The number of amides is 1. The molecule has 1 aromatic rings. The van der Waals surface area contributed by atoms with Crippen LogP contribution in [0.2, 0.25) is 0 Å². The number of nitro groups is 1. The van der Waals surface area contributed by atoms with Gasteiger partial charge in [-0.3, -0.25) is 14.9 Å². The Labute approximate surface area is 200 Å². The van der Waals surface area contributed by atoms with E-state index in [1.54, 1.807) is 0 Å². The van der Waals surface area contributed by atoms with Crippen molar-refractivity contribution in [2.24, 2.45) is 23.2 Å². The van der Waals surface area contributed by atoms with Crippen LogP contribution in [-0.2, 0) is 14.8 Å². The Kier molecular flexibility index (Phi) is 6.08. The van der Waals surface area contributed by atoms with E-state index in [9.17, 15) is 23.3 Å². The minimum Gasteiger partial charge on any atom is -0.477 e. The second-order valence-electron chi connectivity index (χ2n) is 10.9. The summed E-state index contributed by atoms with van der Waals surface area (Å²) in [6, 6.07) is 3.64. The maximum absolute atomic E-state index is 12.8. The lowest BCUT2D eigenvalue weighted by Crippen LogP contribution is -2.56. The van der Waals surface area contributed by atoms with E-state index < -0.39 is 20.6 Å². The van der Waals surface area contributed by atoms with E-state index in [2.05, 4.69) is 12.2 Å². The molecule has 1 aromatic carbocycles. The predicted octanol–water partition coefficient (Wildman–Crippen LogP) is 3.48. The Morgan fingerprint density at radius 2 is 1.76 bits per heavy atom. The molecule has 1 atom stereocenters. The molecule has 4 bridgehead atoms. The number of nitrogens with zero attached hydrogens (tertiary/aromatic N) is 2. The first-order valence-corrected chi connectivity index (χ1v) is 13.8. The van der Waals surface area contributed by atoms with Gasteiger partial charge in [0.1, 0.15) is 0 Å². The van der Waals surface area contributed by atoms with Crippen molar-refractivity contribution in [3.63, 3.8) is 0 Å². The molecule has 1 heterocycles. The van der Waals surface area contributed by atoms with E-state index in [-0.39, 0.29) is 34.6 Å². The molecule has 1 saturated heterocycles. The zero-order valence-corrected chi connectivity index (χ0v) is 20.4. The normalized spacial score (nSPS) is 31.4. The highest BCUT2D eigenvalue weighted by Crippen LogP contribution is 2.61. The topological polar surface area (TPSA) is 119 Å². The molecule has 0 spiro atoms. The summed E-state index contributed by atoms with van der Waals surface area (Å²) in [6.07, 6.45) is 9.04. The molecule has 186 valence electrons. The third kappa shape index (κ3) is 4.30. The van der Waals surface area contributed by atoms with Crippen molar-refractivity contribution < 1.29 is 22.9 Å². The number of carbonyl (C=O) groups excluding carboxylic acids is 1. The second-order valence-corrected chi connectivity index (χ2v) is 12.8. The van der Waals surface area contributed by atoms with Gasteiger partial charge in [-0.25, -0.2) is 8.42 Å². The Morgan fingerprint density at radius 1 is 1.18 bits per heavy atom. The predicted molar refractivity (Wildman–Crippen MR) is 125 cm³/mol. The molecule has 9 nitrogen and oxygen atoms in total. The lowest BCUT2D eigenvalue weighted by atomic mass is 9.48. The van der Waals surface area contributed by atoms with Gasteiger partial charge < -0.3 is 10.1 Å². The van der Waals surface area contributed by atoms with E-state index in [4.69, 9.17) is 4.74 Å². The van der Waals surface area contributed by atoms with Gasteiger partial charge in [0.05, 0.1) is 9.82 Å². The first-order chi connectivity index (χ1) is 16.2. The summed E-state index contributed by atoms with van der Waals surface area (Å²) in [5.41, 5.74) is -0.302. The van der Waals surface area contributed by atoms with Crippen LogP contribution in [0, 0.1) is 33.3 Å². The van der Waals surface area contributed by atoms with E-state index >= 15 is 0 Å². The lowest BCUT2D eigenvalue weighted by Gasteiger charge is -2.59. The number of carbonyl (C=O) groups is 1. The number of nitrogens with one attached hydrogen (secondary N) is 1. The van der Waals surface area contributed by atoms with Gasteiger partial charge in [0.15, 0.2) is 12.4 Å². The Bertz CT molecular complexity index is 1050. The van der Waals surface area contributed by atoms with Crippen LogP contribution in [0.5, 0.6) is 5.75 Å². The van der Waals surface area contributed by atoms with Crippen LogP contribution >= 0.6 is 0 Å². The summed E-state index contributed by atoms with van der Waals surface area (Å²) in [7, 11) is -3.79. The highest BCUT2D eigenvalue weighted by molar-refractivity contribution is 7.89. The Balaban J connectivity index is 1.24. The van der Waals surface area contributed by atoms with Gasteiger partial charge in [-0.15, -0.1) is 0 Å². The van der Waals surface area contributed by atoms with Gasteiger partial charge in [0.25, 0.3) is 5.91 Å². The van der Waals surface area contributed by atoms with E-state index in [1.165, 1.54) is 55.0 Å². The number of rotatable bonds is 8. The number of benzene rings is 1. The Morgan fingerprint density at radius 3 is 2.32 bits per heavy atom. The molecule has 5 aliphatic rings. The number of nitro benzene ring substituents is 1. The highest BCUT2D eigenvalue weighted by atomic mass is 32.2. The molecule has 1 amide bonds. The van der Waals surface area contributed by atoms with Crippen molar-refractivity contribution in [3.05, 3.63) is 28.3 Å². The standard InChI is InChI=1S/C24H33N3O6S/c1-16(24-12-17-8-18(13-24)10-19(9-17)14-24)25-23(28)15-33-22-5-4-20(11-21(22)27(29)30)34(31,32)26-6-2-3-7-26/h4-5,11,16-19H,2-3,6-10,12-15H2,1H3,(H,25,28). The first-order valence-electron chi connectivity index (χ1n) is 12.4. The zero-order valence-electron chi connectivity index (χ0n) is 19.6. The van der Waals surface area contributed by atoms with Crippen LogP contribution < -0.4 is 10.1 Å². The van der Waals surface area contributed by atoms with Crippen LogP contribution in [0.1, 0.15) is 58.3 Å². The van der Waals surface area contributed by atoms with E-state index in [0.717, 1.165) is 36.7 Å². The van der Waals surface area contributed by atoms with E-state index in [1.807, 2.05) is 0 Å². The lowest BCUT2D eigenvalue weighted by molar-refractivity contribution is -0.386. The summed E-state index contributed by atoms with van der Waals surface area (Å²) < 4.78 is 32.4. The molecule has 4 aliphatic carbocycles. The van der Waals surface area contributed by atoms with Crippen molar-refractivity contribution >= 4 is 21.6 Å². The van der Waals surface area contributed by atoms with Gasteiger partial charge >= 0.3 is 5.69 Å². The third-order valence-corrected chi connectivity index (χ3v) is 10.5. The molecule has 1 N–H and O–H groups in total. The van der Waals surface area contributed by atoms with Gasteiger partial charge in [0.2, 0.25) is 10.0 Å². The van der Waals surface area contributed by atoms with Crippen LogP contribution in [0.3, 0.4) is 0 Å². The maximum Gasteiger partial charge on any atom is 0.312 e. The molecule has 1 aliphatic heterocycles. The SMILES string of the molecule is CC(NC(=O)COc1ccc(S(=O)(=O)N2CCCC2)cc1[N+](=O)[O-])C12CC3CC(CC(C3)C1)C2. The van der Waals surface area contributed by atoms with Crippen molar-refractivity contribution in [3.8, 4) is 5.75 Å². The average Bonchev–Trinajstić information content (AvgIpc) is 3.32. The monoisotopic (exact) mass is 491 g/mol. The minimum atomic E-state index is -3.79. The van der Waals surface area contributed by atoms with Crippen LogP contribution in [-0.4, -0.2) is 49.3 Å². The van der Waals surface area contributed by atoms with E-state index in [0.29, 0.717) is 13.1 Å². The largest absolute Gasteiger partial charge is 0.477 e. The summed E-state index contributed by atoms with van der Waals surface area (Å²) in [5.74, 6) is 1.91. The second kappa shape index (κ2) is 8.78. The molecule has 10 heteroatoms.